The Labute approximate surface area is 165 Å². The molecule has 134 valence electrons. The molecular weight excluding hydrogens is 416 g/mol. The van der Waals surface area contributed by atoms with Crippen molar-refractivity contribution in [3.05, 3.63) is 58.2 Å². The summed E-state index contributed by atoms with van der Waals surface area (Å²) in [5, 5.41) is 10.5. The SMILES string of the molecule is CCOc1cc(/C=C2/C(=O)N(c3ccccc3)C(=S)N2C)cc(Br)c1O. The molecule has 5 nitrogen and oxygen atoms in total. The van der Waals surface area contributed by atoms with Gasteiger partial charge >= 0.3 is 0 Å². The van der Waals surface area contributed by atoms with Crippen molar-refractivity contribution < 1.29 is 14.6 Å². The molecule has 1 aliphatic rings. The molecule has 0 radical (unpaired) electrons. The van der Waals surface area contributed by atoms with Crippen LogP contribution in [0.2, 0.25) is 0 Å². The van der Waals surface area contributed by atoms with Crippen molar-refractivity contribution >= 4 is 50.9 Å². The van der Waals surface area contributed by atoms with Crippen LogP contribution in [0.3, 0.4) is 0 Å². The Morgan fingerprint density at radius 2 is 1.96 bits per heavy atom. The van der Waals surface area contributed by atoms with Crippen molar-refractivity contribution in [3.8, 4) is 11.5 Å². The first-order valence-corrected chi connectivity index (χ1v) is 9.18. The molecule has 2 aromatic rings. The van der Waals surface area contributed by atoms with E-state index >= 15 is 0 Å². The molecule has 1 fully saturated rings. The number of hydrogen-bond donors (Lipinski definition) is 1. The summed E-state index contributed by atoms with van der Waals surface area (Å²) >= 11 is 8.76. The van der Waals surface area contributed by atoms with Gasteiger partial charge in [0.2, 0.25) is 0 Å². The van der Waals surface area contributed by atoms with E-state index in [4.69, 9.17) is 17.0 Å². The Morgan fingerprint density at radius 3 is 2.62 bits per heavy atom. The van der Waals surface area contributed by atoms with E-state index in [1.54, 1.807) is 30.2 Å². The largest absolute Gasteiger partial charge is 0.503 e. The van der Waals surface area contributed by atoms with Crippen LogP contribution in [0.4, 0.5) is 5.69 Å². The molecule has 2 aromatic carbocycles. The molecule has 1 amide bonds. The first-order valence-electron chi connectivity index (χ1n) is 7.98. The van der Waals surface area contributed by atoms with Crippen LogP contribution in [-0.4, -0.2) is 34.7 Å². The van der Waals surface area contributed by atoms with Gasteiger partial charge in [0.05, 0.1) is 16.8 Å². The van der Waals surface area contributed by atoms with E-state index in [9.17, 15) is 9.90 Å². The molecule has 3 rings (SSSR count). The van der Waals surface area contributed by atoms with E-state index in [2.05, 4.69) is 15.9 Å². The molecule has 0 atom stereocenters. The Balaban J connectivity index is 2.01. The number of aromatic hydroxyl groups is 1. The zero-order chi connectivity index (χ0) is 18.8. The predicted octanol–water partition coefficient (Wildman–Crippen LogP) is 4.16. The Morgan fingerprint density at radius 1 is 1.27 bits per heavy atom. The van der Waals surface area contributed by atoms with E-state index in [-0.39, 0.29) is 11.7 Å². The van der Waals surface area contributed by atoms with Gasteiger partial charge in [-0.15, -0.1) is 0 Å². The third-order valence-corrected chi connectivity index (χ3v) is 4.99. The van der Waals surface area contributed by atoms with Crippen LogP contribution in [0.15, 0.2) is 52.6 Å². The highest BCUT2D eigenvalue weighted by Crippen LogP contribution is 2.37. The van der Waals surface area contributed by atoms with Crippen LogP contribution in [0.5, 0.6) is 11.5 Å². The molecule has 1 heterocycles. The second-order valence-corrected chi connectivity index (χ2v) is 6.85. The minimum Gasteiger partial charge on any atom is -0.503 e. The molecule has 1 aliphatic heterocycles. The number of phenols is 1. The summed E-state index contributed by atoms with van der Waals surface area (Å²) in [6.07, 6.45) is 1.73. The van der Waals surface area contributed by atoms with Gasteiger partial charge in [0.1, 0.15) is 5.70 Å². The molecule has 0 unspecified atom stereocenters. The van der Waals surface area contributed by atoms with E-state index in [0.29, 0.717) is 33.2 Å². The second-order valence-electron chi connectivity index (χ2n) is 5.63. The number of carbonyl (C=O) groups is 1. The summed E-state index contributed by atoms with van der Waals surface area (Å²) < 4.78 is 5.94. The Bertz CT molecular complexity index is 899. The molecule has 0 saturated carbocycles. The Hall–Kier alpha value is -2.38. The maximum absolute atomic E-state index is 12.9. The van der Waals surface area contributed by atoms with E-state index in [1.807, 2.05) is 37.3 Å². The molecule has 1 saturated heterocycles. The summed E-state index contributed by atoms with van der Waals surface area (Å²) in [4.78, 5) is 16.1. The van der Waals surface area contributed by atoms with Gasteiger partial charge in [-0.2, -0.15) is 0 Å². The number of rotatable bonds is 4. The van der Waals surface area contributed by atoms with Crippen LogP contribution in [0.25, 0.3) is 6.08 Å². The zero-order valence-corrected chi connectivity index (χ0v) is 16.7. The molecular formula is C19H17BrN2O3S. The highest BCUT2D eigenvalue weighted by molar-refractivity contribution is 9.10. The fraction of sp³-hybridized carbons (Fsp3) is 0.158. The lowest BCUT2D eigenvalue weighted by molar-refractivity contribution is -0.114. The van der Waals surface area contributed by atoms with Crippen molar-refractivity contribution in [3.63, 3.8) is 0 Å². The molecule has 1 N–H and O–H groups in total. The third-order valence-electron chi connectivity index (χ3n) is 3.93. The van der Waals surface area contributed by atoms with E-state index < -0.39 is 0 Å². The topological polar surface area (TPSA) is 53.0 Å². The number of ether oxygens (including phenoxy) is 1. The van der Waals surface area contributed by atoms with E-state index in [1.165, 1.54) is 4.90 Å². The first kappa shape index (κ1) is 18.4. The van der Waals surface area contributed by atoms with Crippen molar-refractivity contribution in [1.82, 2.24) is 4.90 Å². The average Bonchev–Trinajstić information content (AvgIpc) is 2.83. The number of benzene rings is 2. The molecule has 0 aliphatic carbocycles. The number of likely N-dealkylation sites (N-methyl/N-ethyl adjacent to an activating group) is 1. The minimum atomic E-state index is -0.203. The number of hydrogen-bond acceptors (Lipinski definition) is 4. The van der Waals surface area contributed by atoms with Crippen molar-refractivity contribution in [2.75, 3.05) is 18.6 Å². The van der Waals surface area contributed by atoms with Crippen molar-refractivity contribution in [1.29, 1.82) is 0 Å². The number of carbonyl (C=O) groups excluding carboxylic acids is 1. The number of amides is 1. The van der Waals surface area contributed by atoms with Gasteiger partial charge in [0.25, 0.3) is 5.91 Å². The lowest BCUT2D eigenvalue weighted by Crippen LogP contribution is -2.30. The lowest BCUT2D eigenvalue weighted by Gasteiger charge is -2.16. The number of phenolic OH excluding ortho intramolecular Hbond substituents is 1. The maximum atomic E-state index is 12.9. The molecule has 0 spiro atoms. The fourth-order valence-electron chi connectivity index (χ4n) is 2.66. The monoisotopic (exact) mass is 432 g/mol. The molecule has 0 aromatic heterocycles. The Kier molecular flexibility index (Phi) is 5.29. The summed E-state index contributed by atoms with van der Waals surface area (Å²) in [7, 11) is 1.76. The molecule has 26 heavy (non-hydrogen) atoms. The van der Waals surface area contributed by atoms with Crippen LogP contribution >= 0.6 is 28.1 Å². The van der Waals surface area contributed by atoms with Crippen LogP contribution < -0.4 is 9.64 Å². The highest BCUT2D eigenvalue weighted by atomic mass is 79.9. The number of thiocarbonyl (C=S) groups is 1. The summed E-state index contributed by atoms with van der Waals surface area (Å²) in [5.74, 6) is 0.178. The van der Waals surface area contributed by atoms with Gasteiger partial charge in [-0.1, -0.05) is 18.2 Å². The normalized spacial score (nSPS) is 15.9. The van der Waals surface area contributed by atoms with Crippen LogP contribution in [0, 0.1) is 0 Å². The predicted molar refractivity (Wildman–Crippen MR) is 109 cm³/mol. The van der Waals surface area contributed by atoms with Crippen LogP contribution in [0.1, 0.15) is 12.5 Å². The van der Waals surface area contributed by atoms with Gasteiger partial charge in [-0.05, 0) is 71.0 Å². The van der Waals surface area contributed by atoms with Gasteiger partial charge < -0.3 is 14.7 Å². The van der Waals surface area contributed by atoms with Crippen molar-refractivity contribution in [2.24, 2.45) is 0 Å². The van der Waals surface area contributed by atoms with Gasteiger partial charge in [-0.3, -0.25) is 9.69 Å². The fourth-order valence-corrected chi connectivity index (χ4v) is 3.41. The number of halogens is 1. The number of para-hydroxylation sites is 1. The molecule has 0 bridgehead atoms. The smallest absolute Gasteiger partial charge is 0.281 e. The summed E-state index contributed by atoms with van der Waals surface area (Å²) in [5.41, 5.74) is 1.88. The second kappa shape index (κ2) is 7.47. The molecule has 7 heteroatoms. The van der Waals surface area contributed by atoms with Gasteiger partial charge in [0.15, 0.2) is 16.6 Å². The first-order chi connectivity index (χ1) is 12.4. The van der Waals surface area contributed by atoms with Crippen LogP contribution in [-0.2, 0) is 4.79 Å². The van der Waals surface area contributed by atoms with Crippen molar-refractivity contribution in [2.45, 2.75) is 6.92 Å². The standard InChI is InChI=1S/C19H17BrN2O3S/c1-3-25-16-11-12(9-14(20)17(16)23)10-15-18(24)22(19(26)21(15)2)13-7-5-4-6-8-13/h4-11,23H,3H2,1-2H3/b15-10-. The highest BCUT2D eigenvalue weighted by Gasteiger charge is 2.36. The number of nitrogens with zero attached hydrogens (tertiary/aromatic N) is 2. The summed E-state index contributed by atoms with van der Waals surface area (Å²) in [6.45, 7) is 2.26. The quantitative estimate of drug-likeness (QED) is 0.580. The minimum absolute atomic E-state index is 0.0292. The third kappa shape index (κ3) is 3.32. The number of anilines is 1. The van der Waals surface area contributed by atoms with E-state index in [0.717, 1.165) is 5.69 Å². The maximum Gasteiger partial charge on any atom is 0.281 e. The lowest BCUT2D eigenvalue weighted by atomic mass is 10.1. The van der Waals surface area contributed by atoms with Gasteiger partial charge in [-0.25, -0.2) is 0 Å². The zero-order valence-electron chi connectivity index (χ0n) is 14.3. The average molecular weight is 433 g/mol. The summed E-state index contributed by atoms with van der Waals surface area (Å²) in [6, 6.07) is 12.7. The van der Waals surface area contributed by atoms with Gasteiger partial charge in [0, 0.05) is 7.05 Å².